The lowest BCUT2D eigenvalue weighted by Crippen LogP contribution is -2.33. The van der Waals surface area contributed by atoms with Crippen LogP contribution in [0.5, 0.6) is 5.75 Å². The SMILES string of the molecule is COc1cc(Cl)c(C)cc1N1C(=O)[C@H]2C(c3ccc(Cl)cc3)=NO[C@H]2C1=O. The van der Waals surface area contributed by atoms with Gasteiger partial charge in [-0.1, -0.05) is 40.5 Å². The lowest BCUT2D eigenvalue weighted by molar-refractivity contribution is -0.126. The maximum atomic E-state index is 13.1. The van der Waals surface area contributed by atoms with E-state index in [4.69, 9.17) is 32.8 Å². The number of amides is 2. The molecular weight excluding hydrogens is 391 g/mol. The van der Waals surface area contributed by atoms with Gasteiger partial charge in [-0.2, -0.15) is 0 Å². The second kappa shape index (κ2) is 6.55. The first-order valence-electron chi connectivity index (χ1n) is 8.14. The van der Waals surface area contributed by atoms with Gasteiger partial charge < -0.3 is 9.57 Å². The van der Waals surface area contributed by atoms with Crippen LogP contribution in [0.25, 0.3) is 0 Å². The monoisotopic (exact) mass is 404 g/mol. The van der Waals surface area contributed by atoms with Crippen LogP contribution in [0.15, 0.2) is 41.6 Å². The van der Waals surface area contributed by atoms with Crippen molar-refractivity contribution in [2.75, 3.05) is 12.0 Å². The molecule has 2 aromatic rings. The molecule has 2 aromatic carbocycles. The van der Waals surface area contributed by atoms with E-state index < -0.39 is 23.8 Å². The molecule has 8 heteroatoms. The van der Waals surface area contributed by atoms with E-state index in [9.17, 15) is 9.59 Å². The zero-order valence-electron chi connectivity index (χ0n) is 14.4. The van der Waals surface area contributed by atoms with E-state index in [1.54, 1.807) is 43.3 Å². The molecule has 0 spiro atoms. The van der Waals surface area contributed by atoms with Crippen LogP contribution in [0.2, 0.25) is 10.0 Å². The summed E-state index contributed by atoms with van der Waals surface area (Å²) in [6.45, 7) is 1.79. The zero-order chi connectivity index (χ0) is 19.3. The van der Waals surface area contributed by atoms with Crippen molar-refractivity contribution in [1.29, 1.82) is 0 Å². The van der Waals surface area contributed by atoms with Crippen LogP contribution in [0.4, 0.5) is 5.69 Å². The smallest absolute Gasteiger partial charge is 0.279 e. The summed E-state index contributed by atoms with van der Waals surface area (Å²) < 4.78 is 5.32. The van der Waals surface area contributed by atoms with Crippen molar-refractivity contribution in [3.8, 4) is 5.75 Å². The molecule has 2 heterocycles. The Hall–Kier alpha value is -2.57. The van der Waals surface area contributed by atoms with Gasteiger partial charge in [0, 0.05) is 21.7 Å². The minimum absolute atomic E-state index is 0.331. The van der Waals surface area contributed by atoms with Gasteiger partial charge in [0.05, 0.1) is 12.8 Å². The number of ether oxygens (including phenoxy) is 1. The van der Waals surface area contributed by atoms with Gasteiger partial charge >= 0.3 is 0 Å². The highest BCUT2D eigenvalue weighted by molar-refractivity contribution is 6.34. The van der Waals surface area contributed by atoms with Crippen molar-refractivity contribution in [2.45, 2.75) is 13.0 Å². The first kappa shape index (κ1) is 17.8. The average Bonchev–Trinajstić information content (AvgIpc) is 3.19. The molecule has 2 atom stereocenters. The van der Waals surface area contributed by atoms with Gasteiger partial charge in [0.15, 0.2) is 0 Å². The fourth-order valence-corrected chi connectivity index (χ4v) is 3.54. The second-order valence-electron chi connectivity index (χ2n) is 6.27. The van der Waals surface area contributed by atoms with Crippen molar-refractivity contribution in [3.63, 3.8) is 0 Å². The van der Waals surface area contributed by atoms with E-state index in [-0.39, 0.29) is 0 Å². The maximum absolute atomic E-state index is 13.1. The molecule has 27 heavy (non-hydrogen) atoms. The highest BCUT2D eigenvalue weighted by Gasteiger charge is 2.56. The summed E-state index contributed by atoms with van der Waals surface area (Å²) in [4.78, 5) is 32.4. The molecule has 0 bridgehead atoms. The van der Waals surface area contributed by atoms with Gasteiger partial charge in [-0.25, -0.2) is 4.90 Å². The predicted octanol–water partition coefficient (Wildman–Crippen LogP) is 3.60. The molecule has 0 radical (unpaired) electrons. The molecule has 138 valence electrons. The van der Waals surface area contributed by atoms with E-state index in [0.717, 1.165) is 10.5 Å². The van der Waals surface area contributed by atoms with Crippen molar-refractivity contribution < 1.29 is 19.2 Å². The lowest BCUT2D eigenvalue weighted by atomic mass is 9.94. The van der Waals surface area contributed by atoms with E-state index in [0.29, 0.717) is 32.8 Å². The van der Waals surface area contributed by atoms with E-state index in [1.807, 2.05) is 0 Å². The number of oxime groups is 1. The fraction of sp³-hybridized carbons (Fsp3) is 0.211. The van der Waals surface area contributed by atoms with E-state index in [2.05, 4.69) is 5.16 Å². The van der Waals surface area contributed by atoms with Crippen molar-refractivity contribution >= 4 is 46.4 Å². The third-order valence-electron chi connectivity index (χ3n) is 4.65. The Bertz CT molecular complexity index is 988. The highest BCUT2D eigenvalue weighted by atomic mass is 35.5. The minimum Gasteiger partial charge on any atom is -0.495 e. The molecule has 4 rings (SSSR count). The van der Waals surface area contributed by atoms with Crippen LogP contribution in [-0.2, 0) is 14.4 Å². The Morgan fingerprint density at radius 3 is 2.48 bits per heavy atom. The molecule has 0 aromatic heterocycles. The zero-order valence-corrected chi connectivity index (χ0v) is 15.9. The van der Waals surface area contributed by atoms with Crippen LogP contribution in [0, 0.1) is 12.8 Å². The van der Waals surface area contributed by atoms with Crippen LogP contribution >= 0.6 is 23.2 Å². The number of halogens is 2. The Morgan fingerprint density at radius 2 is 1.81 bits per heavy atom. The van der Waals surface area contributed by atoms with Gasteiger partial charge in [-0.15, -0.1) is 0 Å². The van der Waals surface area contributed by atoms with Crippen molar-refractivity contribution in [3.05, 3.63) is 57.6 Å². The van der Waals surface area contributed by atoms with Crippen LogP contribution in [-0.4, -0.2) is 30.7 Å². The number of hydrogen-bond acceptors (Lipinski definition) is 5. The van der Waals surface area contributed by atoms with Gasteiger partial charge in [-0.3, -0.25) is 9.59 Å². The second-order valence-corrected chi connectivity index (χ2v) is 7.12. The number of imide groups is 1. The topological polar surface area (TPSA) is 68.2 Å². The van der Waals surface area contributed by atoms with Gasteiger partial charge in [0.2, 0.25) is 12.0 Å². The molecule has 2 amide bonds. The lowest BCUT2D eigenvalue weighted by Gasteiger charge is -2.19. The number of fused-ring (bicyclic) bond motifs is 1. The number of benzene rings is 2. The quantitative estimate of drug-likeness (QED) is 0.732. The molecular formula is C19H14Cl2N2O4. The number of nitrogens with zero attached hydrogens (tertiary/aromatic N) is 2. The van der Waals surface area contributed by atoms with Crippen molar-refractivity contribution in [1.82, 2.24) is 0 Å². The van der Waals surface area contributed by atoms with Crippen molar-refractivity contribution in [2.24, 2.45) is 11.1 Å². The number of methoxy groups -OCH3 is 1. The standard InChI is InChI=1S/C19H14Cl2N2O4/c1-9-7-13(14(26-2)8-12(9)21)23-18(24)15-16(22-27-17(15)19(23)25)10-3-5-11(20)6-4-10/h3-8,15,17H,1-2H3/t15-,17+/m0/s1. The average molecular weight is 405 g/mol. The highest BCUT2D eigenvalue weighted by Crippen LogP contribution is 2.40. The van der Waals surface area contributed by atoms with Crippen LogP contribution < -0.4 is 9.64 Å². The van der Waals surface area contributed by atoms with Gasteiger partial charge in [0.1, 0.15) is 17.4 Å². The molecule has 1 saturated heterocycles. The Kier molecular flexibility index (Phi) is 4.32. The number of hydrogen-bond donors (Lipinski definition) is 0. The molecule has 6 nitrogen and oxygen atoms in total. The summed E-state index contributed by atoms with van der Waals surface area (Å²) in [6.07, 6.45) is -0.996. The summed E-state index contributed by atoms with van der Waals surface area (Å²) in [5.74, 6) is -1.40. The first-order chi connectivity index (χ1) is 12.9. The summed E-state index contributed by atoms with van der Waals surface area (Å²) >= 11 is 12.1. The predicted molar refractivity (Wildman–Crippen MR) is 102 cm³/mol. The molecule has 2 aliphatic rings. The summed E-state index contributed by atoms with van der Waals surface area (Å²) in [5.41, 5.74) is 2.14. The number of carbonyl (C=O) groups excluding carboxylic acids is 2. The summed E-state index contributed by atoms with van der Waals surface area (Å²) in [7, 11) is 1.45. The number of rotatable bonds is 3. The summed E-state index contributed by atoms with van der Waals surface area (Å²) in [5, 5.41) is 5.02. The van der Waals surface area contributed by atoms with Gasteiger partial charge in [0.25, 0.3) is 5.91 Å². The van der Waals surface area contributed by atoms with Crippen LogP contribution in [0.3, 0.4) is 0 Å². The Balaban J connectivity index is 1.75. The molecule has 0 saturated carbocycles. The number of aryl methyl sites for hydroxylation is 1. The Morgan fingerprint density at radius 1 is 1.11 bits per heavy atom. The Labute approximate surface area is 165 Å². The minimum atomic E-state index is -0.996. The number of carbonyl (C=O) groups is 2. The molecule has 0 unspecified atom stereocenters. The normalized spacial score (nSPS) is 21.2. The first-order valence-corrected chi connectivity index (χ1v) is 8.89. The molecule has 0 N–H and O–H groups in total. The molecule has 1 fully saturated rings. The van der Waals surface area contributed by atoms with E-state index in [1.165, 1.54) is 7.11 Å². The van der Waals surface area contributed by atoms with Crippen LogP contribution in [0.1, 0.15) is 11.1 Å². The molecule has 0 aliphatic carbocycles. The fourth-order valence-electron chi connectivity index (χ4n) is 3.26. The third-order valence-corrected chi connectivity index (χ3v) is 5.31. The number of anilines is 1. The molecule has 2 aliphatic heterocycles. The van der Waals surface area contributed by atoms with E-state index >= 15 is 0 Å². The third kappa shape index (κ3) is 2.76. The van der Waals surface area contributed by atoms with Gasteiger partial charge in [-0.05, 0) is 30.7 Å². The summed E-state index contributed by atoms with van der Waals surface area (Å²) in [6, 6.07) is 10.1. The largest absolute Gasteiger partial charge is 0.495 e. The maximum Gasteiger partial charge on any atom is 0.279 e.